The van der Waals surface area contributed by atoms with E-state index in [1.165, 1.54) is 37.4 Å². The second kappa shape index (κ2) is 9.87. The van der Waals surface area contributed by atoms with E-state index in [4.69, 9.17) is 16.3 Å². The fourth-order valence-electron chi connectivity index (χ4n) is 2.38. The zero-order chi connectivity index (χ0) is 19.9. The lowest BCUT2D eigenvalue weighted by atomic mass is 10.1. The molecule has 1 N–H and O–H groups in total. The predicted octanol–water partition coefficient (Wildman–Crippen LogP) is 3.95. The van der Waals surface area contributed by atoms with Crippen LogP contribution in [0.15, 0.2) is 47.4 Å². The molecule has 0 saturated carbocycles. The molecule has 2 aromatic rings. The van der Waals surface area contributed by atoms with Crippen molar-refractivity contribution in [3.8, 4) is 11.5 Å². The summed E-state index contributed by atoms with van der Waals surface area (Å²) in [5, 5.41) is 0. The van der Waals surface area contributed by atoms with Gasteiger partial charge in [-0.15, -0.1) is 11.6 Å². The second-order valence-corrected chi connectivity index (χ2v) is 7.77. The normalized spacial score (nSPS) is 11.6. The number of aryl methyl sites for hydroxylation is 1. The van der Waals surface area contributed by atoms with Crippen LogP contribution < -0.4 is 14.2 Å². The Morgan fingerprint density at radius 1 is 1.07 bits per heavy atom. The summed E-state index contributed by atoms with van der Waals surface area (Å²) in [5.41, 5.74) is 1.55. The average molecular weight is 420 g/mol. The van der Waals surface area contributed by atoms with Crippen molar-refractivity contribution in [3.05, 3.63) is 53.6 Å². The molecule has 5 nitrogen and oxygen atoms in total. The van der Waals surface area contributed by atoms with Gasteiger partial charge in [0.2, 0.25) is 10.0 Å². The maximum atomic E-state index is 12.4. The Hall–Kier alpha value is -1.90. The average Bonchev–Trinajstić information content (AvgIpc) is 2.65. The smallest absolute Gasteiger partial charge is 0.387 e. The molecule has 0 radical (unpaired) electrons. The van der Waals surface area contributed by atoms with E-state index in [0.717, 1.165) is 18.4 Å². The van der Waals surface area contributed by atoms with E-state index in [-0.39, 0.29) is 22.9 Å². The first-order valence-corrected chi connectivity index (χ1v) is 10.1. The van der Waals surface area contributed by atoms with Gasteiger partial charge in [-0.1, -0.05) is 18.2 Å². The molecule has 0 spiro atoms. The summed E-state index contributed by atoms with van der Waals surface area (Å²) in [7, 11) is -2.40. The van der Waals surface area contributed by atoms with Gasteiger partial charge in [-0.3, -0.25) is 0 Å². The third-order valence-electron chi connectivity index (χ3n) is 3.74. The summed E-state index contributed by atoms with van der Waals surface area (Å²) in [5.74, 6) is 0.522. The topological polar surface area (TPSA) is 64.6 Å². The summed E-state index contributed by atoms with van der Waals surface area (Å²) in [6.07, 6.45) is 1.60. The zero-order valence-corrected chi connectivity index (χ0v) is 16.2. The van der Waals surface area contributed by atoms with Gasteiger partial charge >= 0.3 is 6.61 Å². The number of methoxy groups -OCH3 is 1. The van der Waals surface area contributed by atoms with Gasteiger partial charge in [0.1, 0.15) is 0 Å². The number of sulfonamides is 1. The van der Waals surface area contributed by atoms with E-state index in [2.05, 4.69) is 9.46 Å². The Bertz CT molecular complexity index is 845. The van der Waals surface area contributed by atoms with Crippen molar-refractivity contribution in [2.24, 2.45) is 0 Å². The van der Waals surface area contributed by atoms with E-state index in [0.29, 0.717) is 11.4 Å². The molecule has 0 atom stereocenters. The number of alkyl halides is 3. The number of rotatable bonds is 10. The van der Waals surface area contributed by atoms with Crippen molar-refractivity contribution in [2.75, 3.05) is 13.0 Å². The van der Waals surface area contributed by atoms with E-state index >= 15 is 0 Å². The van der Waals surface area contributed by atoms with Crippen molar-refractivity contribution in [1.29, 1.82) is 0 Å². The highest BCUT2D eigenvalue weighted by atomic mass is 35.5. The molecular weight excluding hydrogens is 400 g/mol. The van der Waals surface area contributed by atoms with Crippen molar-refractivity contribution in [3.63, 3.8) is 0 Å². The largest absolute Gasteiger partial charge is 0.493 e. The zero-order valence-electron chi connectivity index (χ0n) is 14.6. The van der Waals surface area contributed by atoms with E-state index < -0.39 is 16.6 Å². The molecule has 9 heteroatoms. The van der Waals surface area contributed by atoms with Crippen LogP contribution in [-0.2, 0) is 23.0 Å². The van der Waals surface area contributed by atoms with Crippen LogP contribution in [0.3, 0.4) is 0 Å². The van der Waals surface area contributed by atoms with Gasteiger partial charge in [0.25, 0.3) is 0 Å². The Kier molecular flexibility index (Phi) is 7.82. The Labute approximate surface area is 162 Å². The van der Waals surface area contributed by atoms with Crippen molar-refractivity contribution in [1.82, 2.24) is 4.72 Å². The molecule has 2 aromatic carbocycles. The standard InChI is InChI=1S/C18H20ClF2NO4S/c1-25-17-11-14(6-9-16(17)26-18(20)21)12-22-27(23,24)15-7-4-13(5-8-15)3-2-10-19/h4-9,11,18,22H,2-3,10,12H2,1H3. The number of nitrogens with one attached hydrogen (secondary N) is 1. The Balaban J connectivity index is 2.06. The molecular formula is C18H20ClF2NO4S. The van der Waals surface area contributed by atoms with Crippen molar-refractivity contribution < 1.29 is 26.7 Å². The number of hydrogen-bond acceptors (Lipinski definition) is 4. The molecule has 0 heterocycles. The van der Waals surface area contributed by atoms with Gasteiger partial charge in [0, 0.05) is 12.4 Å². The third kappa shape index (κ3) is 6.34. The van der Waals surface area contributed by atoms with Gasteiger partial charge in [-0.25, -0.2) is 13.1 Å². The first-order valence-electron chi connectivity index (χ1n) is 8.12. The molecule has 148 valence electrons. The van der Waals surface area contributed by atoms with Crippen LogP contribution in [0, 0.1) is 0 Å². The van der Waals surface area contributed by atoms with Crippen LogP contribution >= 0.6 is 11.6 Å². The molecule has 0 saturated heterocycles. The van der Waals surface area contributed by atoms with Crippen LogP contribution in [0.2, 0.25) is 0 Å². The van der Waals surface area contributed by atoms with Crippen LogP contribution in [0.1, 0.15) is 17.5 Å². The highest BCUT2D eigenvalue weighted by Gasteiger charge is 2.15. The highest BCUT2D eigenvalue weighted by Crippen LogP contribution is 2.29. The molecule has 0 bridgehead atoms. The van der Waals surface area contributed by atoms with Crippen LogP contribution in [0.5, 0.6) is 11.5 Å². The van der Waals surface area contributed by atoms with Crippen LogP contribution in [-0.4, -0.2) is 28.0 Å². The molecule has 0 aliphatic carbocycles. The summed E-state index contributed by atoms with van der Waals surface area (Å²) >= 11 is 5.65. The van der Waals surface area contributed by atoms with Gasteiger partial charge in [0.05, 0.1) is 12.0 Å². The second-order valence-electron chi connectivity index (χ2n) is 5.62. The van der Waals surface area contributed by atoms with E-state index in [1.807, 2.05) is 0 Å². The molecule has 27 heavy (non-hydrogen) atoms. The number of halogens is 3. The van der Waals surface area contributed by atoms with Gasteiger partial charge in [0.15, 0.2) is 11.5 Å². The minimum atomic E-state index is -3.71. The summed E-state index contributed by atoms with van der Waals surface area (Å²) in [6, 6.07) is 10.8. The Morgan fingerprint density at radius 2 is 1.74 bits per heavy atom. The maximum absolute atomic E-state index is 12.4. The third-order valence-corrected chi connectivity index (χ3v) is 5.43. The van der Waals surface area contributed by atoms with Gasteiger partial charge in [-0.05, 0) is 48.2 Å². The maximum Gasteiger partial charge on any atom is 0.387 e. The van der Waals surface area contributed by atoms with Crippen molar-refractivity contribution in [2.45, 2.75) is 30.9 Å². The summed E-state index contributed by atoms with van der Waals surface area (Å²) in [4.78, 5) is 0.141. The molecule has 0 aliphatic heterocycles. The summed E-state index contributed by atoms with van der Waals surface area (Å²) < 4.78 is 61.3. The lowest BCUT2D eigenvalue weighted by Crippen LogP contribution is -2.23. The fourth-order valence-corrected chi connectivity index (χ4v) is 3.53. The van der Waals surface area contributed by atoms with Crippen LogP contribution in [0.25, 0.3) is 0 Å². The SMILES string of the molecule is COc1cc(CNS(=O)(=O)c2ccc(CCCCl)cc2)ccc1OC(F)F. The summed E-state index contributed by atoms with van der Waals surface area (Å²) in [6.45, 7) is -3.00. The predicted molar refractivity (Wildman–Crippen MR) is 99.1 cm³/mol. The monoisotopic (exact) mass is 419 g/mol. The number of benzene rings is 2. The van der Waals surface area contributed by atoms with Gasteiger partial charge < -0.3 is 9.47 Å². The molecule has 0 unspecified atom stereocenters. The molecule has 0 aromatic heterocycles. The van der Waals surface area contributed by atoms with Crippen LogP contribution in [0.4, 0.5) is 8.78 Å². The van der Waals surface area contributed by atoms with Gasteiger partial charge in [-0.2, -0.15) is 8.78 Å². The van der Waals surface area contributed by atoms with E-state index in [9.17, 15) is 17.2 Å². The first kappa shape index (κ1) is 21.4. The number of ether oxygens (including phenoxy) is 2. The minimum absolute atomic E-state index is 0.0261. The molecule has 0 fully saturated rings. The lowest BCUT2D eigenvalue weighted by molar-refractivity contribution is -0.0512. The van der Waals surface area contributed by atoms with E-state index in [1.54, 1.807) is 12.1 Å². The highest BCUT2D eigenvalue weighted by molar-refractivity contribution is 7.89. The fraction of sp³-hybridized carbons (Fsp3) is 0.333. The molecule has 2 rings (SSSR count). The quantitative estimate of drug-likeness (QED) is 0.592. The molecule has 0 amide bonds. The Morgan fingerprint density at radius 3 is 2.33 bits per heavy atom. The first-order chi connectivity index (χ1) is 12.9. The van der Waals surface area contributed by atoms with Crippen molar-refractivity contribution >= 4 is 21.6 Å². The number of hydrogen-bond donors (Lipinski definition) is 1. The minimum Gasteiger partial charge on any atom is -0.493 e. The lowest BCUT2D eigenvalue weighted by Gasteiger charge is -2.12. The molecule has 0 aliphatic rings.